The molecule has 0 saturated carbocycles. The van der Waals surface area contributed by atoms with E-state index in [1.54, 1.807) is 54.6 Å². The Hall–Kier alpha value is -6.16. The van der Waals surface area contributed by atoms with Crippen LogP contribution < -0.4 is 21.3 Å². The number of anilines is 4. The summed E-state index contributed by atoms with van der Waals surface area (Å²) in [6, 6.07) is 32.3. The molecule has 0 unspecified atom stereocenters. The lowest BCUT2D eigenvalue weighted by Crippen LogP contribution is -2.10. The van der Waals surface area contributed by atoms with Crippen molar-refractivity contribution >= 4 is 43.5 Å². The van der Waals surface area contributed by atoms with Crippen LogP contribution in [0.1, 0.15) is 26.3 Å². The van der Waals surface area contributed by atoms with Crippen molar-refractivity contribution in [2.45, 2.75) is 26.2 Å². The highest BCUT2D eigenvalue weighted by molar-refractivity contribution is 7.80. The van der Waals surface area contributed by atoms with Gasteiger partial charge in [-0.25, -0.2) is 0 Å². The van der Waals surface area contributed by atoms with E-state index in [0.717, 1.165) is 28.3 Å². The maximum Gasteiger partial charge on any atom is 0.394 e. The van der Waals surface area contributed by atoms with Gasteiger partial charge < -0.3 is 51.9 Å². The number of benzene rings is 5. The van der Waals surface area contributed by atoms with E-state index >= 15 is 0 Å². The van der Waals surface area contributed by atoms with Gasteiger partial charge in [-0.05, 0) is 121 Å². The van der Waals surface area contributed by atoms with Crippen molar-refractivity contribution < 1.29 is 65.7 Å². The summed E-state index contributed by atoms with van der Waals surface area (Å²) >= 11 is 0. The molecule has 0 radical (unpaired) electrons. The molecule has 0 amide bonds. The van der Waals surface area contributed by atoms with Crippen molar-refractivity contribution in [3.05, 3.63) is 121 Å². The fraction of sp³-hybridized carbons (Fsp3) is 0.211. The molecule has 0 atom stereocenters. The predicted molar refractivity (Wildman–Crippen MR) is 227 cm³/mol. The molecule has 14 N–H and O–H groups in total. The SMILES string of the molecule is CC(C)(C)c1cc(O)ccc1O.CNc1ccc(O)cc1.CNc1ccc(O)cc1.CNc1ccc(O)cc1.CNc1ccc(O)cc1.O=S(=O)(O)O.O=S(=O)(O)O. The lowest BCUT2D eigenvalue weighted by Gasteiger charge is -2.20. The molecule has 0 aliphatic heterocycles. The minimum atomic E-state index is -4.67. The molecule has 20 heteroatoms. The quantitative estimate of drug-likeness (QED) is 0.0651. The third kappa shape index (κ3) is 32.1. The summed E-state index contributed by atoms with van der Waals surface area (Å²) < 4.78 is 63.2. The van der Waals surface area contributed by atoms with Gasteiger partial charge in [0.15, 0.2) is 0 Å². The fourth-order valence-electron chi connectivity index (χ4n) is 3.64. The number of hydrogen-bond donors (Lipinski definition) is 14. The molecule has 0 saturated heterocycles. The van der Waals surface area contributed by atoms with Gasteiger partial charge in [0.25, 0.3) is 0 Å². The molecular weight excluding hydrogens is 801 g/mol. The number of phenols is 6. The highest BCUT2D eigenvalue weighted by Gasteiger charge is 2.18. The molecule has 0 fully saturated rings. The van der Waals surface area contributed by atoms with Gasteiger partial charge in [0.2, 0.25) is 0 Å². The Morgan fingerprint density at radius 3 is 0.724 bits per heavy atom. The fourth-order valence-corrected chi connectivity index (χ4v) is 3.64. The van der Waals surface area contributed by atoms with E-state index in [1.807, 2.05) is 97.5 Å². The van der Waals surface area contributed by atoms with Gasteiger partial charge in [0.05, 0.1) is 0 Å². The van der Waals surface area contributed by atoms with Crippen molar-refractivity contribution in [3.8, 4) is 34.5 Å². The normalized spacial score (nSPS) is 9.98. The maximum atomic E-state index is 9.46. The lowest BCUT2D eigenvalue weighted by molar-refractivity contribution is 0.378. The number of hydrogen-bond acceptors (Lipinski definition) is 14. The molecule has 58 heavy (non-hydrogen) atoms. The number of rotatable bonds is 4. The zero-order valence-electron chi connectivity index (χ0n) is 32.9. The maximum absolute atomic E-state index is 9.46. The number of aromatic hydroxyl groups is 6. The topological polar surface area (TPSA) is 319 Å². The second kappa shape index (κ2) is 27.4. The van der Waals surface area contributed by atoms with Crippen molar-refractivity contribution in [2.75, 3.05) is 49.5 Å². The summed E-state index contributed by atoms with van der Waals surface area (Å²) in [5, 5.41) is 65.7. The monoisotopic (exact) mass is 854 g/mol. The molecule has 5 aromatic rings. The van der Waals surface area contributed by atoms with Crippen LogP contribution >= 0.6 is 0 Å². The molecule has 5 aromatic carbocycles. The summed E-state index contributed by atoms with van der Waals surface area (Å²) in [4.78, 5) is 0. The molecule has 5 rings (SSSR count). The molecular formula is C38H54N4O14S2. The first-order valence-electron chi connectivity index (χ1n) is 16.5. The van der Waals surface area contributed by atoms with Gasteiger partial charge in [0, 0.05) is 56.5 Å². The zero-order chi connectivity index (χ0) is 45.1. The molecule has 18 nitrogen and oxygen atoms in total. The van der Waals surface area contributed by atoms with Crippen molar-refractivity contribution in [1.82, 2.24) is 0 Å². The van der Waals surface area contributed by atoms with Crippen LogP contribution in [-0.4, -0.2) is 93.9 Å². The third-order valence-electron chi connectivity index (χ3n) is 6.41. The highest BCUT2D eigenvalue weighted by Crippen LogP contribution is 2.32. The minimum absolute atomic E-state index is 0.136. The van der Waals surface area contributed by atoms with Crippen LogP contribution in [0.3, 0.4) is 0 Å². The van der Waals surface area contributed by atoms with Gasteiger partial charge in [-0.3, -0.25) is 18.2 Å². The van der Waals surface area contributed by atoms with Crippen LogP contribution in [0.4, 0.5) is 22.7 Å². The van der Waals surface area contributed by atoms with E-state index in [9.17, 15) is 10.2 Å². The Kier molecular flexibility index (Phi) is 25.5. The molecule has 0 bridgehead atoms. The van der Waals surface area contributed by atoms with E-state index in [2.05, 4.69) is 21.3 Å². The predicted octanol–water partition coefficient (Wildman–Crippen LogP) is 6.83. The summed E-state index contributed by atoms with van der Waals surface area (Å²) in [5.74, 6) is 1.63. The standard InChI is InChI=1S/C10H14O2.4C7H9NO.2H2O4S/c1-10(2,3)8-6-7(11)4-5-9(8)12;4*1-8-6-2-4-7(9)5-3-6;2*1-5(2,3)4/h4-6,11-12H,1-3H3;4*2-5,8-9H,1H3;2*(H2,1,2,3,4). The van der Waals surface area contributed by atoms with Gasteiger partial charge in [-0.15, -0.1) is 0 Å². The second-order valence-electron chi connectivity index (χ2n) is 12.0. The lowest BCUT2D eigenvalue weighted by atomic mass is 9.86. The van der Waals surface area contributed by atoms with Gasteiger partial charge in [-0.2, -0.15) is 16.8 Å². The first kappa shape index (κ1) is 53.9. The Morgan fingerprint density at radius 2 is 0.569 bits per heavy atom. The van der Waals surface area contributed by atoms with Crippen molar-refractivity contribution in [2.24, 2.45) is 0 Å². The van der Waals surface area contributed by atoms with Crippen LogP contribution in [0.2, 0.25) is 0 Å². The van der Waals surface area contributed by atoms with E-state index < -0.39 is 20.8 Å². The van der Waals surface area contributed by atoms with Crippen LogP contribution in [0.15, 0.2) is 115 Å². The first-order valence-corrected chi connectivity index (χ1v) is 19.3. The van der Waals surface area contributed by atoms with Gasteiger partial charge in [-0.1, -0.05) is 20.8 Å². The molecule has 0 spiro atoms. The molecule has 0 aromatic heterocycles. The first-order chi connectivity index (χ1) is 26.7. The zero-order valence-corrected chi connectivity index (χ0v) is 34.5. The second-order valence-corrected chi connectivity index (χ2v) is 13.8. The molecule has 0 heterocycles. The van der Waals surface area contributed by atoms with Crippen LogP contribution in [-0.2, 0) is 26.2 Å². The number of nitrogens with one attached hydrogen (secondary N) is 4. The van der Waals surface area contributed by atoms with E-state index in [1.165, 1.54) is 12.1 Å². The molecule has 0 aliphatic rings. The average molecular weight is 855 g/mol. The summed E-state index contributed by atoms with van der Waals surface area (Å²) in [7, 11) is -1.97. The minimum Gasteiger partial charge on any atom is -0.508 e. The van der Waals surface area contributed by atoms with Crippen LogP contribution in [0.25, 0.3) is 0 Å². The van der Waals surface area contributed by atoms with Gasteiger partial charge >= 0.3 is 20.8 Å². The van der Waals surface area contributed by atoms with Crippen LogP contribution in [0.5, 0.6) is 34.5 Å². The van der Waals surface area contributed by atoms with Crippen molar-refractivity contribution in [3.63, 3.8) is 0 Å². The molecule has 0 aliphatic carbocycles. The third-order valence-corrected chi connectivity index (χ3v) is 6.41. The van der Waals surface area contributed by atoms with Crippen LogP contribution in [0, 0.1) is 0 Å². The highest BCUT2D eigenvalue weighted by atomic mass is 32.3. The number of phenolic OH excluding ortho intramolecular Hbond substituents is 6. The largest absolute Gasteiger partial charge is 0.508 e. The molecule has 322 valence electrons. The Morgan fingerprint density at radius 1 is 0.379 bits per heavy atom. The smallest absolute Gasteiger partial charge is 0.394 e. The van der Waals surface area contributed by atoms with Crippen molar-refractivity contribution in [1.29, 1.82) is 0 Å². The van der Waals surface area contributed by atoms with E-state index in [4.69, 9.17) is 55.5 Å². The van der Waals surface area contributed by atoms with Gasteiger partial charge in [0.1, 0.15) is 34.5 Å². The summed E-state index contributed by atoms with van der Waals surface area (Å²) in [6.07, 6.45) is 0. The Bertz CT molecular complexity index is 1840. The van der Waals surface area contributed by atoms with E-state index in [0.29, 0.717) is 23.0 Å². The summed E-state index contributed by atoms with van der Waals surface area (Å²) in [6.45, 7) is 5.96. The Labute approximate surface area is 339 Å². The van der Waals surface area contributed by atoms with E-state index in [-0.39, 0.29) is 16.9 Å². The summed E-state index contributed by atoms with van der Waals surface area (Å²) in [5.41, 5.74) is 4.66. The average Bonchev–Trinajstić information content (AvgIpc) is 3.13. The Balaban J connectivity index is 0.